The van der Waals surface area contributed by atoms with Gasteiger partial charge in [0, 0.05) is 24.3 Å². The van der Waals surface area contributed by atoms with Gasteiger partial charge in [0.25, 0.3) is 0 Å². The molecule has 7 nitrogen and oxygen atoms in total. The number of sulfonamides is 1. The van der Waals surface area contributed by atoms with Crippen LogP contribution in [0.4, 0.5) is 17.1 Å². The fraction of sp³-hybridized carbons (Fsp3) is 0.333. The SMILES string of the molecule is Cc1ccc(C)c(N(CC(=O)Nc2ccc(N3CCCC3=O)cc2)S(C)(=O)=O)c1. The van der Waals surface area contributed by atoms with E-state index in [1.165, 1.54) is 0 Å². The normalized spacial score (nSPS) is 14.2. The number of rotatable bonds is 6. The van der Waals surface area contributed by atoms with E-state index in [4.69, 9.17) is 0 Å². The molecule has 0 aromatic heterocycles. The molecule has 0 aliphatic carbocycles. The van der Waals surface area contributed by atoms with Crippen LogP contribution in [0, 0.1) is 13.8 Å². The Kier molecular flexibility index (Phi) is 5.93. The van der Waals surface area contributed by atoms with Gasteiger partial charge in [-0.15, -0.1) is 0 Å². The number of nitrogens with one attached hydrogen (secondary N) is 1. The van der Waals surface area contributed by atoms with Crippen molar-refractivity contribution >= 4 is 38.9 Å². The summed E-state index contributed by atoms with van der Waals surface area (Å²) in [6.45, 7) is 4.05. The highest BCUT2D eigenvalue weighted by molar-refractivity contribution is 7.92. The molecule has 8 heteroatoms. The molecule has 1 saturated heterocycles. The molecule has 2 amide bonds. The summed E-state index contributed by atoms with van der Waals surface area (Å²) in [4.78, 5) is 26.1. The molecule has 1 aliphatic heterocycles. The molecular weight excluding hydrogens is 390 g/mol. The molecule has 3 rings (SSSR count). The van der Waals surface area contributed by atoms with Crippen molar-refractivity contribution in [2.75, 3.05) is 33.9 Å². The average Bonchev–Trinajstić information content (AvgIpc) is 3.08. The highest BCUT2D eigenvalue weighted by Gasteiger charge is 2.23. The lowest BCUT2D eigenvalue weighted by Gasteiger charge is -2.24. The van der Waals surface area contributed by atoms with E-state index in [0.717, 1.165) is 33.8 Å². The summed E-state index contributed by atoms with van der Waals surface area (Å²) in [6, 6.07) is 12.5. The second kappa shape index (κ2) is 8.24. The summed E-state index contributed by atoms with van der Waals surface area (Å²) >= 11 is 0. The van der Waals surface area contributed by atoms with E-state index in [0.29, 0.717) is 24.3 Å². The van der Waals surface area contributed by atoms with E-state index in [2.05, 4.69) is 5.32 Å². The molecule has 0 bridgehead atoms. The second-order valence-electron chi connectivity index (χ2n) is 7.30. The molecule has 1 N–H and O–H groups in total. The van der Waals surface area contributed by atoms with Crippen LogP contribution in [0.2, 0.25) is 0 Å². The van der Waals surface area contributed by atoms with Crippen molar-refractivity contribution < 1.29 is 18.0 Å². The van der Waals surface area contributed by atoms with Crippen LogP contribution in [0.3, 0.4) is 0 Å². The zero-order valence-electron chi connectivity index (χ0n) is 16.8. The van der Waals surface area contributed by atoms with Crippen LogP contribution in [-0.4, -0.2) is 39.6 Å². The largest absolute Gasteiger partial charge is 0.325 e. The fourth-order valence-electron chi connectivity index (χ4n) is 3.35. The smallest absolute Gasteiger partial charge is 0.245 e. The number of anilines is 3. The molecule has 0 radical (unpaired) electrons. The number of carbonyl (C=O) groups is 2. The van der Waals surface area contributed by atoms with E-state index in [-0.39, 0.29) is 12.5 Å². The van der Waals surface area contributed by atoms with Crippen LogP contribution >= 0.6 is 0 Å². The summed E-state index contributed by atoms with van der Waals surface area (Å²) < 4.78 is 25.7. The topological polar surface area (TPSA) is 86.8 Å². The van der Waals surface area contributed by atoms with Gasteiger partial charge in [0.05, 0.1) is 11.9 Å². The van der Waals surface area contributed by atoms with Gasteiger partial charge >= 0.3 is 0 Å². The molecule has 2 aromatic carbocycles. The van der Waals surface area contributed by atoms with Crippen molar-refractivity contribution in [1.29, 1.82) is 0 Å². The monoisotopic (exact) mass is 415 g/mol. The minimum absolute atomic E-state index is 0.0964. The van der Waals surface area contributed by atoms with Gasteiger partial charge in [-0.1, -0.05) is 12.1 Å². The van der Waals surface area contributed by atoms with Crippen molar-refractivity contribution in [3.63, 3.8) is 0 Å². The maximum atomic E-state index is 12.6. The highest BCUT2D eigenvalue weighted by atomic mass is 32.2. The Hall–Kier alpha value is -2.87. The predicted octanol–water partition coefficient (Wildman–Crippen LogP) is 2.83. The van der Waals surface area contributed by atoms with Crippen LogP contribution in [0.15, 0.2) is 42.5 Å². The minimum atomic E-state index is -3.64. The van der Waals surface area contributed by atoms with E-state index >= 15 is 0 Å². The fourth-order valence-corrected chi connectivity index (χ4v) is 4.25. The Morgan fingerprint density at radius 2 is 1.83 bits per heavy atom. The Morgan fingerprint density at radius 1 is 1.14 bits per heavy atom. The number of carbonyl (C=O) groups excluding carboxylic acids is 2. The Bertz CT molecular complexity index is 1030. The van der Waals surface area contributed by atoms with Crippen LogP contribution in [-0.2, 0) is 19.6 Å². The number of nitrogens with zero attached hydrogens (tertiary/aromatic N) is 2. The number of hydrogen-bond donors (Lipinski definition) is 1. The lowest BCUT2D eigenvalue weighted by molar-refractivity contribution is -0.117. The summed E-state index contributed by atoms with van der Waals surface area (Å²) in [7, 11) is -3.64. The number of benzene rings is 2. The van der Waals surface area contributed by atoms with Gasteiger partial charge in [-0.05, 0) is 61.7 Å². The summed E-state index contributed by atoms with van der Waals surface area (Å²) in [5.74, 6) is -0.347. The second-order valence-corrected chi connectivity index (χ2v) is 9.21. The minimum Gasteiger partial charge on any atom is -0.325 e. The molecule has 1 heterocycles. The van der Waals surface area contributed by atoms with Gasteiger partial charge in [-0.3, -0.25) is 13.9 Å². The summed E-state index contributed by atoms with van der Waals surface area (Å²) in [5.41, 5.74) is 3.50. The predicted molar refractivity (Wildman–Crippen MR) is 115 cm³/mol. The maximum absolute atomic E-state index is 12.6. The first-order valence-corrected chi connectivity index (χ1v) is 11.3. The molecule has 0 atom stereocenters. The third kappa shape index (κ3) is 4.95. The first-order chi connectivity index (χ1) is 13.6. The Morgan fingerprint density at radius 3 is 2.41 bits per heavy atom. The lowest BCUT2D eigenvalue weighted by atomic mass is 10.1. The molecule has 2 aromatic rings. The van der Waals surface area contributed by atoms with E-state index in [1.54, 1.807) is 35.2 Å². The van der Waals surface area contributed by atoms with Gasteiger partial charge < -0.3 is 10.2 Å². The maximum Gasteiger partial charge on any atom is 0.245 e. The van der Waals surface area contributed by atoms with Gasteiger partial charge in [-0.25, -0.2) is 8.42 Å². The van der Waals surface area contributed by atoms with Gasteiger partial charge in [0.1, 0.15) is 6.54 Å². The third-order valence-electron chi connectivity index (χ3n) is 4.86. The Balaban J connectivity index is 1.74. The third-order valence-corrected chi connectivity index (χ3v) is 5.98. The van der Waals surface area contributed by atoms with Gasteiger partial charge in [0.2, 0.25) is 21.8 Å². The van der Waals surface area contributed by atoms with Crippen molar-refractivity contribution in [2.24, 2.45) is 0 Å². The molecule has 1 fully saturated rings. The first-order valence-electron chi connectivity index (χ1n) is 9.40. The van der Waals surface area contributed by atoms with E-state index in [9.17, 15) is 18.0 Å². The molecule has 1 aliphatic rings. The highest BCUT2D eigenvalue weighted by Crippen LogP contribution is 2.25. The summed E-state index contributed by atoms with van der Waals surface area (Å²) in [6.07, 6.45) is 2.49. The van der Waals surface area contributed by atoms with Gasteiger partial charge in [-0.2, -0.15) is 0 Å². The van der Waals surface area contributed by atoms with Crippen molar-refractivity contribution in [3.8, 4) is 0 Å². The van der Waals surface area contributed by atoms with Crippen LogP contribution in [0.25, 0.3) is 0 Å². The molecule has 0 unspecified atom stereocenters. The molecule has 0 saturated carbocycles. The number of amides is 2. The average molecular weight is 416 g/mol. The van der Waals surface area contributed by atoms with Crippen molar-refractivity contribution in [3.05, 3.63) is 53.6 Å². The standard InChI is InChI=1S/C21H25N3O4S/c1-15-6-7-16(2)19(13-15)24(29(3,27)28)14-20(25)22-17-8-10-18(11-9-17)23-12-4-5-21(23)26/h6-11,13H,4-5,12,14H2,1-3H3,(H,22,25). The number of aryl methyl sites for hydroxylation is 2. The summed E-state index contributed by atoms with van der Waals surface area (Å²) in [5, 5.41) is 2.73. The zero-order valence-corrected chi connectivity index (χ0v) is 17.6. The number of hydrogen-bond acceptors (Lipinski definition) is 4. The molecule has 0 spiro atoms. The Labute approximate surface area is 171 Å². The lowest BCUT2D eigenvalue weighted by Crippen LogP contribution is -2.37. The first kappa shape index (κ1) is 20.9. The quantitative estimate of drug-likeness (QED) is 0.786. The zero-order chi connectivity index (χ0) is 21.2. The molecular formula is C21H25N3O4S. The molecule has 154 valence electrons. The van der Waals surface area contributed by atoms with Crippen LogP contribution in [0.5, 0.6) is 0 Å². The van der Waals surface area contributed by atoms with E-state index < -0.39 is 15.9 Å². The van der Waals surface area contributed by atoms with Crippen molar-refractivity contribution in [1.82, 2.24) is 0 Å². The van der Waals surface area contributed by atoms with Crippen molar-refractivity contribution in [2.45, 2.75) is 26.7 Å². The van der Waals surface area contributed by atoms with Crippen LogP contribution < -0.4 is 14.5 Å². The van der Waals surface area contributed by atoms with E-state index in [1.807, 2.05) is 26.0 Å². The van der Waals surface area contributed by atoms with Crippen LogP contribution in [0.1, 0.15) is 24.0 Å². The van der Waals surface area contributed by atoms with Gasteiger partial charge in [0.15, 0.2) is 0 Å². The molecule has 29 heavy (non-hydrogen) atoms.